The highest BCUT2D eigenvalue weighted by atomic mass is 35.5. The molecule has 0 spiro atoms. The van der Waals surface area contributed by atoms with Crippen LogP contribution in [0.4, 0.5) is 5.69 Å². The quantitative estimate of drug-likeness (QED) is 0.600. The first-order valence-corrected chi connectivity index (χ1v) is 5.44. The van der Waals surface area contributed by atoms with E-state index in [9.17, 15) is 10.1 Å². The van der Waals surface area contributed by atoms with E-state index in [4.69, 9.17) is 11.6 Å². The lowest BCUT2D eigenvalue weighted by molar-refractivity contribution is -0.386. The Bertz CT molecular complexity index is 478. The van der Waals surface area contributed by atoms with E-state index >= 15 is 0 Å². The van der Waals surface area contributed by atoms with Crippen LogP contribution in [0.1, 0.15) is 11.7 Å². The maximum atomic E-state index is 11.0. The van der Waals surface area contributed by atoms with E-state index in [1.54, 1.807) is 12.1 Å². The van der Waals surface area contributed by atoms with Gasteiger partial charge in [-0.05, 0) is 12.1 Å². The van der Waals surface area contributed by atoms with Crippen LogP contribution in [-0.4, -0.2) is 28.8 Å². The van der Waals surface area contributed by atoms with Crippen molar-refractivity contribution in [3.63, 3.8) is 0 Å². The SMILES string of the molecule is CN1C=CN(C)C1c1ccc(Cl)cc1[N+](=O)[O-]. The van der Waals surface area contributed by atoms with E-state index in [0.29, 0.717) is 10.6 Å². The molecule has 17 heavy (non-hydrogen) atoms. The molecule has 0 atom stereocenters. The van der Waals surface area contributed by atoms with E-state index in [-0.39, 0.29) is 11.9 Å². The molecule has 5 nitrogen and oxygen atoms in total. The lowest BCUT2D eigenvalue weighted by Gasteiger charge is -2.27. The Kier molecular flexibility index (Phi) is 2.93. The zero-order valence-electron chi connectivity index (χ0n) is 9.50. The van der Waals surface area contributed by atoms with Crippen molar-refractivity contribution in [2.45, 2.75) is 6.17 Å². The van der Waals surface area contributed by atoms with Crippen LogP contribution in [-0.2, 0) is 0 Å². The first-order valence-electron chi connectivity index (χ1n) is 5.07. The fourth-order valence-corrected chi connectivity index (χ4v) is 2.16. The van der Waals surface area contributed by atoms with Crippen LogP contribution in [0.2, 0.25) is 5.02 Å². The maximum absolute atomic E-state index is 11.0. The second kappa shape index (κ2) is 4.25. The molecule has 2 rings (SSSR count). The Labute approximate surface area is 104 Å². The number of halogens is 1. The molecule has 1 heterocycles. The van der Waals surface area contributed by atoms with Crippen molar-refractivity contribution in [3.05, 3.63) is 51.3 Å². The zero-order chi connectivity index (χ0) is 12.6. The van der Waals surface area contributed by atoms with Crippen LogP contribution in [0.5, 0.6) is 0 Å². The van der Waals surface area contributed by atoms with Gasteiger partial charge in [0.1, 0.15) is 6.17 Å². The average Bonchev–Trinajstić information content (AvgIpc) is 2.59. The van der Waals surface area contributed by atoms with Gasteiger partial charge in [0.25, 0.3) is 5.69 Å². The highest BCUT2D eigenvalue weighted by Gasteiger charge is 2.29. The molecule has 0 saturated carbocycles. The zero-order valence-corrected chi connectivity index (χ0v) is 10.3. The minimum absolute atomic E-state index is 0.0462. The number of benzene rings is 1. The summed E-state index contributed by atoms with van der Waals surface area (Å²) in [4.78, 5) is 14.5. The molecule has 1 aromatic rings. The highest BCUT2D eigenvalue weighted by molar-refractivity contribution is 6.30. The van der Waals surface area contributed by atoms with Crippen LogP contribution in [0.15, 0.2) is 30.6 Å². The third kappa shape index (κ3) is 2.06. The van der Waals surface area contributed by atoms with E-state index in [2.05, 4.69) is 0 Å². The van der Waals surface area contributed by atoms with E-state index in [0.717, 1.165) is 0 Å². The molecule has 90 valence electrons. The summed E-state index contributed by atoms with van der Waals surface area (Å²) in [7, 11) is 3.76. The summed E-state index contributed by atoms with van der Waals surface area (Å²) in [5, 5.41) is 11.4. The van der Waals surface area contributed by atoms with Crippen molar-refractivity contribution in [1.29, 1.82) is 0 Å². The lowest BCUT2D eigenvalue weighted by Crippen LogP contribution is -2.26. The molecule has 0 fully saturated rings. The van der Waals surface area contributed by atoms with Crippen molar-refractivity contribution in [2.75, 3.05) is 14.1 Å². The van der Waals surface area contributed by atoms with E-state index in [1.807, 2.05) is 36.3 Å². The van der Waals surface area contributed by atoms with Gasteiger partial charge in [0.15, 0.2) is 0 Å². The van der Waals surface area contributed by atoms with Crippen molar-refractivity contribution in [3.8, 4) is 0 Å². The standard InChI is InChI=1S/C11H12ClN3O2/c1-13-5-6-14(2)11(13)9-4-3-8(12)7-10(9)15(16)17/h3-7,11H,1-2H3. The van der Waals surface area contributed by atoms with Gasteiger partial charge in [0.05, 0.1) is 10.5 Å². The molecule has 1 aliphatic heterocycles. The van der Waals surface area contributed by atoms with Crippen LogP contribution in [0.3, 0.4) is 0 Å². The Morgan fingerprint density at radius 2 is 1.88 bits per heavy atom. The Morgan fingerprint density at radius 1 is 1.29 bits per heavy atom. The van der Waals surface area contributed by atoms with Gasteiger partial charge < -0.3 is 9.80 Å². The molecule has 1 aromatic carbocycles. The minimum atomic E-state index is -0.402. The van der Waals surface area contributed by atoms with E-state index in [1.165, 1.54) is 6.07 Å². The molecule has 0 aromatic heterocycles. The number of nitro benzene ring substituents is 1. The molecule has 0 unspecified atom stereocenters. The van der Waals surface area contributed by atoms with Gasteiger partial charge in [0.2, 0.25) is 0 Å². The van der Waals surface area contributed by atoms with Gasteiger partial charge in [0, 0.05) is 37.6 Å². The third-order valence-electron chi connectivity index (χ3n) is 2.78. The molecule has 0 radical (unpaired) electrons. The highest BCUT2D eigenvalue weighted by Crippen LogP contribution is 2.35. The van der Waals surface area contributed by atoms with E-state index < -0.39 is 4.92 Å². The largest absolute Gasteiger partial charge is 0.355 e. The lowest BCUT2D eigenvalue weighted by atomic mass is 10.1. The van der Waals surface area contributed by atoms with Gasteiger partial charge in [-0.3, -0.25) is 10.1 Å². The van der Waals surface area contributed by atoms with Crippen molar-refractivity contribution in [2.24, 2.45) is 0 Å². The van der Waals surface area contributed by atoms with Crippen LogP contribution < -0.4 is 0 Å². The summed E-state index contributed by atoms with van der Waals surface area (Å²) in [6, 6.07) is 4.76. The van der Waals surface area contributed by atoms with Crippen molar-refractivity contribution >= 4 is 17.3 Å². The van der Waals surface area contributed by atoms with Gasteiger partial charge in [-0.1, -0.05) is 11.6 Å². The third-order valence-corrected chi connectivity index (χ3v) is 3.01. The number of hydrogen-bond acceptors (Lipinski definition) is 4. The van der Waals surface area contributed by atoms with Crippen molar-refractivity contribution < 1.29 is 4.92 Å². The topological polar surface area (TPSA) is 49.6 Å². The summed E-state index contributed by atoms with van der Waals surface area (Å²) in [6.07, 6.45) is 3.60. The van der Waals surface area contributed by atoms with Crippen LogP contribution in [0.25, 0.3) is 0 Å². The molecule has 0 aliphatic carbocycles. The fraction of sp³-hybridized carbons (Fsp3) is 0.273. The van der Waals surface area contributed by atoms with Crippen molar-refractivity contribution in [1.82, 2.24) is 9.80 Å². The molecule has 0 bridgehead atoms. The predicted octanol–water partition coefficient (Wildman–Crippen LogP) is 2.60. The van der Waals surface area contributed by atoms with Crippen LogP contribution >= 0.6 is 11.6 Å². The average molecular weight is 254 g/mol. The maximum Gasteiger partial charge on any atom is 0.278 e. The first-order chi connectivity index (χ1) is 8.00. The fourth-order valence-electron chi connectivity index (χ4n) is 1.99. The van der Waals surface area contributed by atoms with Gasteiger partial charge in [-0.25, -0.2) is 0 Å². The molecule has 0 amide bonds. The van der Waals surface area contributed by atoms with Gasteiger partial charge in [-0.15, -0.1) is 0 Å². The van der Waals surface area contributed by atoms with Gasteiger partial charge >= 0.3 is 0 Å². The first kappa shape index (κ1) is 11.7. The normalized spacial score (nSPS) is 15.7. The predicted molar refractivity (Wildman–Crippen MR) is 65.5 cm³/mol. The summed E-state index contributed by atoms with van der Waals surface area (Å²) in [6.45, 7) is 0. The summed E-state index contributed by atoms with van der Waals surface area (Å²) >= 11 is 5.79. The number of nitro groups is 1. The Balaban J connectivity index is 2.48. The Morgan fingerprint density at radius 3 is 2.41 bits per heavy atom. The number of nitrogens with zero attached hydrogens (tertiary/aromatic N) is 3. The van der Waals surface area contributed by atoms with Crippen LogP contribution in [0, 0.1) is 10.1 Å². The van der Waals surface area contributed by atoms with Gasteiger partial charge in [-0.2, -0.15) is 0 Å². The second-order valence-electron chi connectivity index (χ2n) is 3.96. The molecule has 0 saturated heterocycles. The molecule has 1 aliphatic rings. The Hall–Kier alpha value is -1.75. The second-order valence-corrected chi connectivity index (χ2v) is 4.40. The molecular weight excluding hydrogens is 242 g/mol. The summed E-state index contributed by atoms with van der Waals surface area (Å²) in [5.41, 5.74) is 0.680. The molecular formula is C11H12ClN3O2. The minimum Gasteiger partial charge on any atom is -0.355 e. The smallest absolute Gasteiger partial charge is 0.278 e. The molecule has 6 heteroatoms. The molecule has 0 N–H and O–H groups in total. The summed E-state index contributed by atoms with van der Waals surface area (Å²) in [5.74, 6) is 0. The number of hydrogen-bond donors (Lipinski definition) is 0. The summed E-state index contributed by atoms with van der Waals surface area (Å²) < 4.78 is 0. The monoisotopic (exact) mass is 253 g/mol. The number of rotatable bonds is 2.